The summed E-state index contributed by atoms with van der Waals surface area (Å²) in [5.74, 6) is -0.548. The standard InChI is InChI=1S/C13H18FNO3/c14-11-5-10(6-12(16)7-11)8-15-9-13(17)1-3-18-4-2-13/h5-7,15-17H,1-4,8-9H2. The van der Waals surface area contributed by atoms with E-state index in [1.807, 2.05) is 0 Å². The van der Waals surface area contributed by atoms with Crippen molar-refractivity contribution in [2.45, 2.75) is 25.0 Å². The molecule has 1 fully saturated rings. The molecule has 0 saturated carbocycles. The van der Waals surface area contributed by atoms with Crippen LogP contribution in [0.5, 0.6) is 5.75 Å². The molecule has 3 N–H and O–H groups in total. The number of rotatable bonds is 4. The van der Waals surface area contributed by atoms with Crippen molar-refractivity contribution < 1.29 is 19.3 Å². The Morgan fingerprint density at radius 1 is 1.28 bits per heavy atom. The van der Waals surface area contributed by atoms with Gasteiger partial charge in [-0.2, -0.15) is 0 Å². The van der Waals surface area contributed by atoms with E-state index in [0.717, 1.165) is 6.07 Å². The lowest BCUT2D eigenvalue weighted by Gasteiger charge is -2.32. The summed E-state index contributed by atoms with van der Waals surface area (Å²) < 4.78 is 18.2. The van der Waals surface area contributed by atoms with E-state index in [2.05, 4.69) is 5.32 Å². The lowest BCUT2D eigenvalue weighted by molar-refractivity contribution is -0.0617. The van der Waals surface area contributed by atoms with Crippen molar-refractivity contribution >= 4 is 0 Å². The van der Waals surface area contributed by atoms with Crippen LogP contribution in [0.3, 0.4) is 0 Å². The van der Waals surface area contributed by atoms with Gasteiger partial charge in [-0.05, 0) is 17.7 Å². The van der Waals surface area contributed by atoms with Crippen molar-refractivity contribution in [2.75, 3.05) is 19.8 Å². The lowest BCUT2D eigenvalue weighted by Crippen LogP contribution is -2.44. The molecule has 18 heavy (non-hydrogen) atoms. The Labute approximate surface area is 105 Å². The predicted molar refractivity (Wildman–Crippen MR) is 64.8 cm³/mol. The number of aromatic hydroxyl groups is 1. The van der Waals surface area contributed by atoms with E-state index >= 15 is 0 Å². The molecule has 0 radical (unpaired) electrons. The summed E-state index contributed by atoms with van der Waals surface area (Å²) in [5.41, 5.74) is -0.0867. The molecule has 0 aliphatic carbocycles. The van der Waals surface area contributed by atoms with E-state index in [1.54, 1.807) is 0 Å². The largest absolute Gasteiger partial charge is 0.508 e. The molecule has 1 aliphatic rings. The van der Waals surface area contributed by atoms with Crippen molar-refractivity contribution in [3.8, 4) is 5.75 Å². The summed E-state index contributed by atoms with van der Waals surface area (Å²) in [6.07, 6.45) is 1.21. The van der Waals surface area contributed by atoms with E-state index < -0.39 is 11.4 Å². The van der Waals surface area contributed by atoms with Gasteiger partial charge in [0.25, 0.3) is 0 Å². The van der Waals surface area contributed by atoms with Crippen LogP contribution in [0.2, 0.25) is 0 Å². The highest BCUT2D eigenvalue weighted by Crippen LogP contribution is 2.20. The second kappa shape index (κ2) is 5.65. The first-order valence-electron chi connectivity index (χ1n) is 6.07. The minimum absolute atomic E-state index is 0.0865. The Kier molecular flexibility index (Phi) is 4.16. The molecule has 4 nitrogen and oxygen atoms in total. The quantitative estimate of drug-likeness (QED) is 0.755. The molecule has 1 aromatic rings. The first-order chi connectivity index (χ1) is 8.57. The van der Waals surface area contributed by atoms with Gasteiger partial charge in [-0.3, -0.25) is 0 Å². The van der Waals surface area contributed by atoms with Crippen LogP contribution in [0.15, 0.2) is 18.2 Å². The number of nitrogens with one attached hydrogen (secondary N) is 1. The van der Waals surface area contributed by atoms with Crippen LogP contribution in [0.1, 0.15) is 18.4 Å². The smallest absolute Gasteiger partial charge is 0.127 e. The van der Waals surface area contributed by atoms with Gasteiger partial charge in [-0.1, -0.05) is 0 Å². The Hall–Kier alpha value is -1.17. The summed E-state index contributed by atoms with van der Waals surface area (Å²) >= 11 is 0. The van der Waals surface area contributed by atoms with Crippen LogP contribution in [-0.4, -0.2) is 35.6 Å². The normalized spacial score (nSPS) is 18.8. The molecule has 1 saturated heterocycles. The molecular formula is C13H18FNO3. The Bertz CT molecular complexity index is 385. The van der Waals surface area contributed by atoms with Gasteiger partial charge in [0.1, 0.15) is 11.6 Å². The molecule has 0 bridgehead atoms. The first-order valence-corrected chi connectivity index (χ1v) is 6.07. The third-order valence-electron chi connectivity index (χ3n) is 3.15. The van der Waals surface area contributed by atoms with Crippen LogP contribution in [0.4, 0.5) is 4.39 Å². The van der Waals surface area contributed by atoms with E-state index in [0.29, 0.717) is 44.7 Å². The Morgan fingerprint density at radius 2 is 2.00 bits per heavy atom. The number of benzene rings is 1. The third kappa shape index (κ3) is 3.66. The number of phenolic OH excluding ortho intramolecular Hbond substituents is 1. The van der Waals surface area contributed by atoms with Gasteiger partial charge in [-0.25, -0.2) is 4.39 Å². The second-order valence-corrected chi connectivity index (χ2v) is 4.76. The molecule has 1 heterocycles. The molecule has 0 unspecified atom stereocenters. The van der Waals surface area contributed by atoms with Gasteiger partial charge in [0.2, 0.25) is 0 Å². The molecule has 2 rings (SSSR count). The maximum absolute atomic E-state index is 13.0. The number of ether oxygens (including phenoxy) is 1. The van der Waals surface area contributed by atoms with Crippen LogP contribution in [-0.2, 0) is 11.3 Å². The van der Waals surface area contributed by atoms with Crippen LogP contribution < -0.4 is 5.32 Å². The van der Waals surface area contributed by atoms with E-state index in [9.17, 15) is 14.6 Å². The molecule has 5 heteroatoms. The van der Waals surface area contributed by atoms with Crippen molar-refractivity contribution in [3.63, 3.8) is 0 Å². The van der Waals surface area contributed by atoms with Crippen LogP contribution in [0, 0.1) is 5.82 Å². The van der Waals surface area contributed by atoms with E-state index in [1.165, 1.54) is 12.1 Å². The van der Waals surface area contributed by atoms with Gasteiger partial charge in [0.15, 0.2) is 0 Å². The minimum Gasteiger partial charge on any atom is -0.508 e. The summed E-state index contributed by atoms with van der Waals surface area (Å²) in [5, 5.41) is 22.5. The van der Waals surface area contributed by atoms with Gasteiger partial charge >= 0.3 is 0 Å². The SMILES string of the molecule is Oc1cc(F)cc(CNCC2(O)CCOCC2)c1. The number of hydrogen-bond donors (Lipinski definition) is 3. The fourth-order valence-electron chi connectivity index (χ4n) is 2.10. The maximum atomic E-state index is 13.0. The fourth-order valence-corrected chi connectivity index (χ4v) is 2.10. The minimum atomic E-state index is -0.742. The van der Waals surface area contributed by atoms with Gasteiger partial charge in [0.05, 0.1) is 5.60 Å². The molecule has 1 aliphatic heterocycles. The number of halogens is 1. The molecule has 100 valence electrons. The highest BCUT2D eigenvalue weighted by molar-refractivity contribution is 5.28. The van der Waals surface area contributed by atoms with Crippen LogP contribution >= 0.6 is 0 Å². The van der Waals surface area contributed by atoms with Crippen molar-refractivity contribution in [3.05, 3.63) is 29.6 Å². The molecule has 0 amide bonds. The number of aliphatic hydroxyl groups is 1. The molecule has 0 atom stereocenters. The summed E-state index contributed by atoms with van der Waals surface area (Å²) in [6.45, 7) is 1.99. The summed E-state index contributed by atoms with van der Waals surface area (Å²) in [7, 11) is 0. The maximum Gasteiger partial charge on any atom is 0.127 e. The zero-order valence-corrected chi connectivity index (χ0v) is 10.2. The average Bonchev–Trinajstić information content (AvgIpc) is 2.28. The van der Waals surface area contributed by atoms with Gasteiger partial charge in [-0.15, -0.1) is 0 Å². The highest BCUT2D eigenvalue weighted by atomic mass is 19.1. The highest BCUT2D eigenvalue weighted by Gasteiger charge is 2.29. The van der Waals surface area contributed by atoms with Crippen molar-refractivity contribution in [2.24, 2.45) is 0 Å². The summed E-state index contributed by atoms with van der Waals surface area (Å²) in [6, 6.07) is 3.93. The fraction of sp³-hybridized carbons (Fsp3) is 0.538. The Balaban J connectivity index is 1.84. The molecular weight excluding hydrogens is 237 g/mol. The van der Waals surface area contributed by atoms with Gasteiger partial charge in [0, 0.05) is 45.2 Å². The zero-order valence-electron chi connectivity index (χ0n) is 10.2. The van der Waals surface area contributed by atoms with Crippen molar-refractivity contribution in [1.82, 2.24) is 5.32 Å². The predicted octanol–water partition coefficient (Wildman–Crippen LogP) is 1.16. The Morgan fingerprint density at radius 3 is 2.67 bits per heavy atom. The molecule has 1 aromatic carbocycles. The second-order valence-electron chi connectivity index (χ2n) is 4.76. The van der Waals surface area contributed by atoms with Gasteiger partial charge < -0.3 is 20.3 Å². The van der Waals surface area contributed by atoms with Crippen molar-refractivity contribution in [1.29, 1.82) is 0 Å². The summed E-state index contributed by atoms with van der Waals surface area (Å²) in [4.78, 5) is 0. The average molecular weight is 255 g/mol. The van der Waals surface area contributed by atoms with Crippen LogP contribution in [0.25, 0.3) is 0 Å². The third-order valence-corrected chi connectivity index (χ3v) is 3.15. The molecule has 0 spiro atoms. The monoisotopic (exact) mass is 255 g/mol. The number of phenols is 1. The lowest BCUT2D eigenvalue weighted by atomic mass is 9.94. The number of hydrogen-bond acceptors (Lipinski definition) is 4. The van der Waals surface area contributed by atoms with E-state index in [4.69, 9.17) is 4.74 Å². The zero-order chi connectivity index (χ0) is 13.0. The van der Waals surface area contributed by atoms with E-state index in [-0.39, 0.29) is 5.75 Å². The topological polar surface area (TPSA) is 61.7 Å². The molecule has 0 aromatic heterocycles. The first kappa shape index (κ1) is 13.3.